The first-order valence-corrected chi connectivity index (χ1v) is 12.5. The second-order valence-electron chi connectivity index (χ2n) is 7.12. The topological polar surface area (TPSA) is 80.5 Å². The maximum absolute atomic E-state index is 12.9. The molecule has 0 bridgehead atoms. The fourth-order valence-electron chi connectivity index (χ4n) is 3.37. The van der Waals surface area contributed by atoms with Crippen LogP contribution in [-0.2, 0) is 23.5 Å². The lowest BCUT2D eigenvalue weighted by Gasteiger charge is -2.09. The van der Waals surface area contributed by atoms with Crippen LogP contribution >= 0.6 is 22.9 Å². The van der Waals surface area contributed by atoms with Crippen LogP contribution in [0.5, 0.6) is 0 Å². The Balaban J connectivity index is 1.65. The summed E-state index contributed by atoms with van der Waals surface area (Å²) < 4.78 is 30.7. The minimum absolute atomic E-state index is 0.0762. The van der Waals surface area contributed by atoms with Gasteiger partial charge in [0.25, 0.3) is 15.9 Å². The van der Waals surface area contributed by atoms with E-state index < -0.39 is 15.9 Å². The Hall–Kier alpha value is -2.94. The van der Waals surface area contributed by atoms with Gasteiger partial charge in [0, 0.05) is 23.3 Å². The molecular formula is C23H20ClN3O3S2. The molecule has 0 aliphatic heterocycles. The van der Waals surface area contributed by atoms with Gasteiger partial charge in [0.15, 0.2) is 4.80 Å². The maximum atomic E-state index is 12.9. The van der Waals surface area contributed by atoms with Crippen molar-refractivity contribution in [2.45, 2.75) is 18.2 Å². The monoisotopic (exact) mass is 485 g/mol. The molecular weight excluding hydrogens is 466 g/mol. The highest BCUT2D eigenvalue weighted by Gasteiger charge is 2.15. The SMILES string of the molecule is CCc1cccc2sc(=NC(=O)c3cccc(NS(=O)(=O)c4ccc(Cl)cc4)c3)n(C)c12. The molecule has 164 valence electrons. The van der Waals surface area contributed by atoms with Crippen molar-refractivity contribution in [1.82, 2.24) is 4.57 Å². The number of sulfonamides is 1. The number of amides is 1. The number of rotatable bonds is 5. The molecule has 0 aliphatic rings. The van der Waals surface area contributed by atoms with Gasteiger partial charge >= 0.3 is 0 Å². The third-order valence-electron chi connectivity index (χ3n) is 4.97. The number of aryl methyl sites for hydroxylation is 2. The number of nitrogens with one attached hydrogen (secondary N) is 1. The molecule has 1 N–H and O–H groups in total. The lowest BCUT2D eigenvalue weighted by Crippen LogP contribution is -2.15. The van der Waals surface area contributed by atoms with E-state index in [1.165, 1.54) is 47.2 Å². The fourth-order valence-corrected chi connectivity index (χ4v) is 5.61. The standard InChI is InChI=1S/C23H20ClN3O3S2/c1-3-15-6-5-9-20-21(15)27(2)23(31-20)25-22(28)16-7-4-8-18(14-16)26-32(29,30)19-12-10-17(24)11-13-19/h4-14,26H,3H2,1-2H3. The molecule has 4 aromatic rings. The minimum Gasteiger partial charge on any atom is -0.319 e. The van der Waals surface area contributed by atoms with Gasteiger partial charge in [-0.2, -0.15) is 4.99 Å². The zero-order valence-electron chi connectivity index (χ0n) is 17.4. The summed E-state index contributed by atoms with van der Waals surface area (Å²) in [6.45, 7) is 2.09. The van der Waals surface area contributed by atoms with Gasteiger partial charge in [-0.3, -0.25) is 9.52 Å². The average Bonchev–Trinajstić information content (AvgIpc) is 3.09. The van der Waals surface area contributed by atoms with E-state index in [1.807, 2.05) is 23.7 Å². The molecule has 0 spiro atoms. The Bertz CT molecular complexity index is 1490. The van der Waals surface area contributed by atoms with Crippen LogP contribution in [0.2, 0.25) is 5.02 Å². The molecule has 4 rings (SSSR count). The quantitative estimate of drug-likeness (QED) is 0.432. The predicted octanol–water partition coefficient (Wildman–Crippen LogP) is 5.00. The lowest BCUT2D eigenvalue weighted by molar-refractivity contribution is 0.0998. The van der Waals surface area contributed by atoms with Crippen molar-refractivity contribution >= 4 is 54.8 Å². The van der Waals surface area contributed by atoms with Crippen molar-refractivity contribution in [1.29, 1.82) is 0 Å². The largest absolute Gasteiger partial charge is 0.319 e. The Morgan fingerprint density at radius 3 is 2.53 bits per heavy atom. The van der Waals surface area contributed by atoms with E-state index in [2.05, 4.69) is 22.7 Å². The fraction of sp³-hybridized carbons (Fsp3) is 0.130. The van der Waals surface area contributed by atoms with Gasteiger partial charge in [-0.15, -0.1) is 0 Å². The number of hydrogen-bond acceptors (Lipinski definition) is 4. The number of aromatic nitrogens is 1. The summed E-state index contributed by atoms with van der Waals surface area (Å²) in [5.41, 5.74) is 2.81. The molecule has 0 fully saturated rings. The first kappa shape index (κ1) is 22.3. The molecule has 1 amide bonds. The van der Waals surface area contributed by atoms with E-state index in [-0.39, 0.29) is 16.1 Å². The number of carbonyl (C=O) groups is 1. The molecule has 1 aromatic heterocycles. The number of fused-ring (bicyclic) bond motifs is 1. The molecule has 1 heterocycles. The Morgan fingerprint density at radius 1 is 1.09 bits per heavy atom. The molecule has 0 atom stereocenters. The summed E-state index contributed by atoms with van der Waals surface area (Å²) in [5.74, 6) is -0.447. The number of para-hydroxylation sites is 1. The second-order valence-corrected chi connectivity index (χ2v) is 10.2. The zero-order valence-corrected chi connectivity index (χ0v) is 19.8. The van der Waals surface area contributed by atoms with Crippen molar-refractivity contribution in [3.8, 4) is 0 Å². The molecule has 3 aromatic carbocycles. The van der Waals surface area contributed by atoms with Gasteiger partial charge in [-0.1, -0.05) is 48.1 Å². The number of benzene rings is 3. The number of halogens is 1. The van der Waals surface area contributed by atoms with Crippen LogP contribution in [0.4, 0.5) is 5.69 Å². The van der Waals surface area contributed by atoms with Gasteiger partial charge < -0.3 is 4.57 Å². The summed E-state index contributed by atoms with van der Waals surface area (Å²) >= 11 is 7.28. The van der Waals surface area contributed by atoms with Crippen LogP contribution in [0.3, 0.4) is 0 Å². The van der Waals surface area contributed by atoms with Crippen molar-refractivity contribution < 1.29 is 13.2 Å². The van der Waals surface area contributed by atoms with Crippen molar-refractivity contribution in [2.24, 2.45) is 12.0 Å². The third-order valence-corrected chi connectivity index (χ3v) is 7.72. The van der Waals surface area contributed by atoms with Crippen molar-refractivity contribution in [2.75, 3.05) is 4.72 Å². The van der Waals surface area contributed by atoms with E-state index in [0.29, 0.717) is 9.82 Å². The number of hydrogen-bond donors (Lipinski definition) is 1. The number of anilines is 1. The van der Waals surface area contributed by atoms with Crippen LogP contribution in [0.25, 0.3) is 10.2 Å². The van der Waals surface area contributed by atoms with Crippen LogP contribution in [0.1, 0.15) is 22.8 Å². The summed E-state index contributed by atoms with van der Waals surface area (Å²) in [4.78, 5) is 17.8. The molecule has 0 radical (unpaired) electrons. The Morgan fingerprint density at radius 2 is 1.81 bits per heavy atom. The first-order chi connectivity index (χ1) is 15.3. The van der Waals surface area contributed by atoms with E-state index in [1.54, 1.807) is 18.2 Å². The molecule has 0 unspecified atom stereocenters. The zero-order chi connectivity index (χ0) is 22.9. The molecule has 0 aliphatic carbocycles. The highest BCUT2D eigenvalue weighted by Crippen LogP contribution is 2.22. The van der Waals surface area contributed by atoms with E-state index >= 15 is 0 Å². The smallest absolute Gasteiger partial charge is 0.279 e. The first-order valence-electron chi connectivity index (χ1n) is 9.83. The van der Waals surface area contributed by atoms with Crippen LogP contribution in [0, 0.1) is 0 Å². The van der Waals surface area contributed by atoms with Crippen LogP contribution < -0.4 is 9.52 Å². The van der Waals surface area contributed by atoms with E-state index in [4.69, 9.17) is 11.6 Å². The van der Waals surface area contributed by atoms with E-state index in [9.17, 15) is 13.2 Å². The molecule has 32 heavy (non-hydrogen) atoms. The normalized spacial score (nSPS) is 12.3. The van der Waals surface area contributed by atoms with Gasteiger partial charge in [-0.05, 0) is 60.5 Å². The van der Waals surface area contributed by atoms with Gasteiger partial charge in [0.1, 0.15) is 0 Å². The van der Waals surface area contributed by atoms with Gasteiger partial charge in [-0.25, -0.2) is 8.42 Å². The highest BCUT2D eigenvalue weighted by atomic mass is 35.5. The van der Waals surface area contributed by atoms with Crippen molar-refractivity contribution in [3.63, 3.8) is 0 Å². The van der Waals surface area contributed by atoms with Crippen LogP contribution in [0.15, 0.2) is 76.6 Å². The Kier molecular flexibility index (Phi) is 6.19. The molecule has 0 saturated heterocycles. The lowest BCUT2D eigenvalue weighted by atomic mass is 10.1. The minimum atomic E-state index is -3.82. The number of nitrogens with zero attached hydrogens (tertiary/aromatic N) is 2. The Labute approximate surface area is 194 Å². The summed E-state index contributed by atoms with van der Waals surface area (Å²) in [7, 11) is -1.93. The molecule has 6 nitrogen and oxygen atoms in total. The van der Waals surface area contributed by atoms with E-state index in [0.717, 1.165) is 16.6 Å². The van der Waals surface area contributed by atoms with Gasteiger partial charge in [0.05, 0.1) is 15.1 Å². The highest BCUT2D eigenvalue weighted by molar-refractivity contribution is 7.92. The number of carbonyl (C=O) groups excluding carboxylic acids is 1. The number of thiazole rings is 1. The average molecular weight is 486 g/mol. The third kappa shape index (κ3) is 4.48. The van der Waals surface area contributed by atoms with Crippen LogP contribution in [-0.4, -0.2) is 18.9 Å². The summed E-state index contributed by atoms with van der Waals surface area (Å²) in [5, 5.41) is 0.443. The second kappa shape index (κ2) is 8.90. The summed E-state index contributed by atoms with van der Waals surface area (Å²) in [6, 6.07) is 18.2. The summed E-state index contributed by atoms with van der Waals surface area (Å²) in [6.07, 6.45) is 0.880. The maximum Gasteiger partial charge on any atom is 0.279 e. The predicted molar refractivity (Wildman–Crippen MR) is 129 cm³/mol. The molecule has 9 heteroatoms. The van der Waals surface area contributed by atoms with Crippen molar-refractivity contribution in [3.05, 3.63) is 87.7 Å². The molecule has 0 saturated carbocycles. The van der Waals surface area contributed by atoms with Gasteiger partial charge in [0.2, 0.25) is 0 Å².